The summed E-state index contributed by atoms with van der Waals surface area (Å²) in [5, 5.41) is 19.8. The van der Waals surface area contributed by atoms with E-state index in [0.717, 1.165) is 18.1 Å². The van der Waals surface area contributed by atoms with Crippen LogP contribution >= 0.6 is 34.2 Å². The fourth-order valence-electron chi connectivity index (χ4n) is 1.64. The van der Waals surface area contributed by atoms with Gasteiger partial charge in [0, 0.05) is 30.1 Å². The molecular formula is C13H23NO5S3. The fourth-order valence-corrected chi connectivity index (χ4v) is 4.92. The molecule has 0 aromatic heterocycles. The standard InChI is InChI=1S/C8H14O2S2.C5H9NO3S/c9-8(10)4-2-1-3-7-5-6-11-12-7;1-3(7)6-4(2-10)5(8)9/h7H,1-6H2,(H,9,10);4,10H,2H2,1H3,(H,6,7)(H,8,9)/t;4-/m.0/s1. The number of amides is 1. The van der Waals surface area contributed by atoms with Crippen molar-refractivity contribution in [3.05, 3.63) is 0 Å². The van der Waals surface area contributed by atoms with Crippen molar-refractivity contribution in [2.75, 3.05) is 11.5 Å². The molecule has 0 saturated carbocycles. The molecule has 0 aliphatic carbocycles. The third-order valence-corrected chi connectivity index (χ3v) is 6.12. The zero-order chi connectivity index (χ0) is 17.0. The third-order valence-electron chi connectivity index (χ3n) is 2.75. The molecule has 1 aliphatic rings. The number of carbonyl (C=O) groups is 3. The molecule has 0 aromatic carbocycles. The molecule has 2 atom stereocenters. The van der Waals surface area contributed by atoms with Gasteiger partial charge in [0.05, 0.1) is 0 Å². The number of hydrogen-bond donors (Lipinski definition) is 4. The molecule has 0 bridgehead atoms. The molecule has 1 aliphatic heterocycles. The second-order valence-corrected chi connectivity index (χ2v) is 7.89. The van der Waals surface area contributed by atoms with Crippen LogP contribution in [0.4, 0.5) is 0 Å². The molecule has 1 fully saturated rings. The summed E-state index contributed by atoms with van der Waals surface area (Å²) in [6.45, 7) is 1.26. The maximum absolute atomic E-state index is 10.3. The van der Waals surface area contributed by atoms with Crippen molar-refractivity contribution in [2.24, 2.45) is 0 Å². The fraction of sp³-hybridized carbons (Fsp3) is 0.769. The van der Waals surface area contributed by atoms with Crippen LogP contribution in [0.5, 0.6) is 0 Å². The number of carbonyl (C=O) groups excluding carboxylic acids is 1. The summed E-state index contributed by atoms with van der Waals surface area (Å²) >= 11 is 3.73. The largest absolute Gasteiger partial charge is 0.481 e. The van der Waals surface area contributed by atoms with Crippen LogP contribution in [-0.4, -0.2) is 50.9 Å². The summed E-state index contributed by atoms with van der Waals surface area (Å²) in [7, 11) is 3.92. The minimum atomic E-state index is -1.06. The van der Waals surface area contributed by atoms with E-state index in [1.54, 1.807) is 0 Å². The highest BCUT2D eigenvalue weighted by molar-refractivity contribution is 8.77. The van der Waals surface area contributed by atoms with Gasteiger partial charge in [0.2, 0.25) is 5.91 Å². The van der Waals surface area contributed by atoms with Crippen LogP contribution < -0.4 is 5.32 Å². The van der Waals surface area contributed by atoms with Crippen LogP contribution in [0.2, 0.25) is 0 Å². The highest BCUT2D eigenvalue weighted by atomic mass is 33.1. The predicted octanol–water partition coefficient (Wildman–Crippen LogP) is 2.29. The highest BCUT2D eigenvalue weighted by Gasteiger charge is 2.16. The van der Waals surface area contributed by atoms with Crippen LogP contribution in [0.25, 0.3) is 0 Å². The van der Waals surface area contributed by atoms with Crippen molar-refractivity contribution in [2.45, 2.75) is 50.3 Å². The maximum Gasteiger partial charge on any atom is 0.327 e. The summed E-state index contributed by atoms with van der Waals surface area (Å²) in [5.41, 5.74) is 0. The molecule has 1 heterocycles. The maximum atomic E-state index is 10.3. The van der Waals surface area contributed by atoms with Gasteiger partial charge < -0.3 is 15.5 Å². The second kappa shape index (κ2) is 13.0. The van der Waals surface area contributed by atoms with Gasteiger partial charge in [-0.3, -0.25) is 9.59 Å². The first-order chi connectivity index (χ1) is 10.4. The average molecular weight is 370 g/mol. The van der Waals surface area contributed by atoms with Crippen LogP contribution in [-0.2, 0) is 14.4 Å². The highest BCUT2D eigenvalue weighted by Crippen LogP contribution is 2.39. The number of unbranched alkanes of at least 4 members (excludes halogenated alkanes) is 1. The van der Waals surface area contributed by atoms with Crippen molar-refractivity contribution >= 4 is 52.1 Å². The lowest BCUT2D eigenvalue weighted by atomic mass is 10.1. The van der Waals surface area contributed by atoms with Crippen molar-refractivity contribution in [3.63, 3.8) is 0 Å². The van der Waals surface area contributed by atoms with E-state index in [-0.39, 0.29) is 11.7 Å². The molecule has 1 rings (SSSR count). The molecule has 1 unspecified atom stereocenters. The molecule has 1 saturated heterocycles. The van der Waals surface area contributed by atoms with Crippen LogP contribution in [0.3, 0.4) is 0 Å². The van der Waals surface area contributed by atoms with Crippen LogP contribution in [0, 0.1) is 0 Å². The Labute approximate surface area is 144 Å². The molecular weight excluding hydrogens is 346 g/mol. The van der Waals surface area contributed by atoms with Gasteiger partial charge in [0.1, 0.15) is 6.04 Å². The quantitative estimate of drug-likeness (QED) is 0.296. The van der Waals surface area contributed by atoms with E-state index >= 15 is 0 Å². The monoisotopic (exact) mass is 369 g/mol. The molecule has 0 aromatic rings. The Morgan fingerprint density at radius 3 is 2.36 bits per heavy atom. The summed E-state index contributed by atoms with van der Waals surface area (Å²) in [6.07, 6.45) is 4.76. The summed E-state index contributed by atoms with van der Waals surface area (Å²) in [5.74, 6) is -0.710. The Morgan fingerprint density at radius 2 is 2.00 bits per heavy atom. The minimum absolute atomic E-state index is 0.106. The van der Waals surface area contributed by atoms with E-state index in [0.29, 0.717) is 6.42 Å². The topological polar surface area (TPSA) is 104 Å². The number of rotatable bonds is 8. The van der Waals surface area contributed by atoms with Gasteiger partial charge in [0.15, 0.2) is 0 Å². The molecule has 22 heavy (non-hydrogen) atoms. The minimum Gasteiger partial charge on any atom is -0.481 e. The number of carboxylic acid groups (broad SMARTS) is 2. The van der Waals surface area contributed by atoms with Gasteiger partial charge in [-0.1, -0.05) is 28.0 Å². The average Bonchev–Trinajstić information content (AvgIpc) is 2.94. The van der Waals surface area contributed by atoms with E-state index in [4.69, 9.17) is 10.2 Å². The van der Waals surface area contributed by atoms with Crippen molar-refractivity contribution in [3.8, 4) is 0 Å². The molecule has 6 nitrogen and oxygen atoms in total. The third kappa shape index (κ3) is 12.0. The van der Waals surface area contributed by atoms with Gasteiger partial charge in [-0.15, -0.1) is 0 Å². The first-order valence-corrected chi connectivity index (χ1v) is 9.99. The Bertz CT molecular complexity index is 362. The molecule has 0 radical (unpaired) electrons. The van der Waals surface area contributed by atoms with Gasteiger partial charge in [-0.05, 0) is 19.3 Å². The number of thiol groups is 1. The number of hydrogen-bond acceptors (Lipinski definition) is 6. The number of nitrogens with one attached hydrogen (secondary N) is 1. The zero-order valence-corrected chi connectivity index (χ0v) is 15.0. The summed E-state index contributed by atoms with van der Waals surface area (Å²) in [4.78, 5) is 30.7. The van der Waals surface area contributed by atoms with Crippen molar-refractivity contribution in [1.29, 1.82) is 0 Å². The Kier molecular flexibility index (Phi) is 12.6. The Hall–Kier alpha value is -0.540. The molecule has 3 N–H and O–H groups in total. The second-order valence-electron chi connectivity index (χ2n) is 4.74. The lowest BCUT2D eigenvalue weighted by Gasteiger charge is -2.08. The van der Waals surface area contributed by atoms with Gasteiger partial charge in [0.25, 0.3) is 0 Å². The van der Waals surface area contributed by atoms with Crippen molar-refractivity contribution < 1.29 is 24.6 Å². The van der Waals surface area contributed by atoms with Gasteiger partial charge in [-0.2, -0.15) is 12.6 Å². The summed E-state index contributed by atoms with van der Waals surface area (Å²) in [6, 6.07) is -0.874. The molecule has 0 spiro atoms. The van der Waals surface area contributed by atoms with Crippen LogP contribution in [0.1, 0.15) is 39.0 Å². The Morgan fingerprint density at radius 1 is 1.32 bits per heavy atom. The van der Waals surface area contributed by atoms with E-state index in [9.17, 15) is 14.4 Å². The van der Waals surface area contributed by atoms with E-state index < -0.39 is 18.0 Å². The SMILES string of the molecule is CC(=O)N[C@@H](CS)C(=O)O.O=C(O)CCCCC1CCSS1. The Balaban J connectivity index is 0.000000409. The van der Waals surface area contributed by atoms with Crippen molar-refractivity contribution in [1.82, 2.24) is 5.32 Å². The number of carboxylic acids is 2. The summed E-state index contributed by atoms with van der Waals surface area (Å²) < 4.78 is 0. The first kappa shape index (κ1) is 21.5. The molecule has 1 amide bonds. The van der Waals surface area contributed by atoms with Gasteiger partial charge in [-0.25, -0.2) is 4.79 Å². The number of aliphatic carboxylic acids is 2. The lowest BCUT2D eigenvalue weighted by Crippen LogP contribution is -2.40. The predicted molar refractivity (Wildman–Crippen MR) is 93.7 cm³/mol. The zero-order valence-electron chi connectivity index (χ0n) is 12.5. The van der Waals surface area contributed by atoms with E-state index in [1.165, 1.54) is 25.5 Å². The molecule has 128 valence electrons. The molecule has 9 heteroatoms. The van der Waals surface area contributed by atoms with Gasteiger partial charge >= 0.3 is 11.9 Å². The lowest BCUT2D eigenvalue weighted by molar-refractivity contribution is -0.140. The van der Waals surface area contributed by atoms with E-state index in [2.05, 4.69) is 17.9 Å². The van der Waals surface area contributed by atoms with E-state index in [1.807, 2.05) is 21.6 Å². The normalized spacial score (nSPS) is 18.0. The van der Waals surface area contributed by atoms with Crippen LogP contribution in [0.15, 0.2) is 0 Å². The smallest absolute Gasteiger partial charge is 0.327 e. The first-order valence-electron chi connectivity index (χ1n) is 6.97.